The Hall–Kier alpha value is -2.82. The molecule has 0 unspecified atom stereocenters. The summed E-state index contributed by atoms with van der Waals surface area (Å²) in [6, 6.07) is 16.8. The van der Waals surface area contributed by atoms with Crippen LogP contribution in [0, 0.1) is 16.7 Å². The number of ether oxygens (including phenoxy) is 1. The van der Waals surface area contributed by atoms with E-state index in [4.69, 9.17) is 4.74 Å². The van der Waals surface area contributed by atoms with Crippen molar-refractivity contribution in [2.45, 2.75) is 44.4 Å². The fourth-order valence-corrected chi connectivity index (χ4v) is 7.06. The molecule has 1 aliphatic heterocycles. The van der Waals surface area contributed by atoms with Gasteiger partial charge in [0.15, 0.2) is 0 Å². The number of aliphatic carboxylic acids is 1. The van der Waals surface area contributed by atoms with E-state index in [2.05, 4.69) is 48.5 Å². The molecule has 2 bridgehead atoms. The zero-order chi connectivity index (χ0) is 21.9. The summed E-state index contributed by atoms with van der Waals surface area (Å²) in [7, 11) is 0. The van der Waals surface area contributed by atoms with E-state index in [0.29, 0.717) is 12.5 Å². The maximum Gasteiger partial charge on any atom is 0.409 e. The molecule has 0 atom stereocenters. The SMILES string of the molecule is O=C(OCC1c2ccccc2-c2ccccc21)N1CCC(CC23CC(C(=O)O)(C2)C3)CC1. The van der Waals surface area contributed by atoms with Crippen LogP contribution >= 0.6 is 0 Å². The standard InChI is InChI=1S/C27H29NO4/c29-24(30)27-15-26(16-27,17-27)13-18-9-11-28(12-10-18)25(31)32-14-23-21-7-3-1-5-19(21)20-6-2-4-8-22(20)23/h1-8,18,23H,9-17H2,(H,29,30). The Morgan fingerprint density at radius 1 is 0.938 bits per heavy atom. The average Bonchev–Trinajstić information content (AvgIpc) is 3.07. The van der Waals surface area contributed by atoms with E-state index in [0.717, 1.165) is 51.6 Å². The smallest absolute Gasteiger partial charge is 0.409 e. The van der Waals surface area contributed by atoms with Crippen LogP contribution in [-0.4, -0.2) is 41.8 Å². The number of fused-ring (bicyclic) bond motifs is 3. The molecule has 32 heavy (non-hydrogen) atoms. The van der Waals surface area contributed by atoms with E-state index in [9.17, 15) is 14.7 Å². The Bertz CT molecular complexity index is 1020. The highest BCUT2D eigenvalue weighted by molar-refractivity contribution is 5.80. The van der Waals surface area contributed by atoms with Crippen LogP contribution in [-0.2, 0) is 9.53 Å². The lowest BCUT2D eigenvalue weighted by Crippen LogP contribution is -2.65. The summed E-state index contributed by atoms with van der Waals surface area (Å²) < 4.78 is 5.82. The van der Waals surface area contributed by atoms with Gasteiger partial charge >= 0.3 is 12.1 Å². The number of carboxylic acid groups (broad SMARTS) is 1. The maximum absolute atomic E-state index is 12.8. The fraction of sp³-hybridized carbons (Fsp3) is 0.481. The largest absolute Gasteiger partial charge is 0.481 e. The Balaban J connectivity index is 1.02. The number of benzene rings is 2. The van der Waals surface area contributed by atoms with Crippen LogP contribution in [0.5, 0.6) is 0 Å². The number of rotatable bonds is 5. The number of carbonyl (C=O) groups is 2. The number of hydrogen-bond acceptors (Lipinski definition) is 3. The number of amides is 1. The summed E-state index contributed by atoms with van der Waals surface area (Å²) in [4.78, 5) is 26.0. The number of likely N-dealkylation sites (tertiary alicyclic amines) is 1. The third kappa shape index (κ3) is 2.97. The highest BCUT2D eigenvalue weighted by Gasteiger charge is 2.71. The summed E-state index contributed by atoms with van der Waals surface area (Å²) >= 11 is 0. The van der Waals surface area contributed by atoms with E-state index in [1.807, 2.05) is 4.90 Å². The second-order valence-electron chi connectivity index (χ2n) is 10.6. The molecule has 1 saturated heterocycles. The summed E-state index contributed by atoms with van der Waals surface area (Å²) in [5, 5.41) is 9.33. The molecular weight excluding hydrogens is 402 g/mol. The van der Waals surface area contributed by atoms with Crippen LogP contribution in [0.3, 0.4) is 0 Å². The Morgan fingerprint density at radius 3 is 2.06 bits per heavy atom. The maximum atomic E-state index is 12.8. The first kappa shape index (κ1) is 19.8. The van der Waals surface area contributed by atoms with Gasteiger partial charge in [-0.25, -0.2) is 4.79 Å². The zero-order valence-electron chi connectivity index (χ0n) is 18.3. The van der Waals surface area contributed by atoms with Crippen molar-refractivity contribution in [1.82, 2.24) is 4.90 Å². The predicted molar refractivity (Wildman–Crippen MR) is 120 cm³/mol. The van der Waals surface area contributed by atoms with Crippen molar-refractivity contribution in [3.05, 3.63) is 59.7 Å². The number of carboxylic acids is 1. The third-order valence-corrected chi connectivity index (χ3v) is 8.52. The molecule has 5 aliphatic rings. The Kier molecular flexibility index (Phi) is 4.40. The molecule has 4 aliphatic carbocycles. The lowest BCUT2D eigenvalue weighted by atomic mass is 9.33. The van der Waals surface area contributed by atoms with E-state index < -0.39 is 5.97 Å². The van der Waals surface area contributed by atoms with Gasteiger partial charge in [0.05, 0.1) is 5.41 Å². The number of carbonyl (C=O) groups excluding carboxylic acids is 1. The monoisotopic (exact) mass is 431 g/mol. The quantitative estimate of drug-likeness (QED) is 0.698. The summed E-state index contributed by atoms with van der Waals surface area (Å²) in [6.07, 6.45) is 5.49. The molecule has 3 saturated carbocycles. The molecule has 1 amide bonds. The van der Waals surface area contributed by atoms with Crippen molar-refractivity contribution in [3.8, 4) is 11.1 Å². The zero-order valence-corrected chi connectivity index (χ0v) is 18.3. The van der Waals surface area contributed by atoms with Gasteiger partial charge in [-0.2, -0.15) is 0 Å². The van der Waals surface area contributed by atoms with Crippen molar-refractivity contribution < 1.29 is 19.4 Å². The molecule has 1 heterocycles. The minimum Gasteiger partial charge on any atom is -0.481 e. The first-order valence-electron chi connectivity index (χ1n) is 11.8. The third-order valence-electron chi connectivity index (χ3n) is 8.52. The van der Waals surface area contributed by atoms with Crippen LogP contribution in [0.1, 0.15) is 55.6 Å². The van der Waals surface area contributed by atoms with Gasteiger partial charge in [-0.15, -0.1) is 0 Å². The van der Waals surface area contributed by atoms with Crippen molar-refractivity contribution >= 4 is 12.1 Å². The van der Waals surface area contributed by atoms with Gasteiger partial charge in [0.1, 0.15) is 6.61 Å². The normalized spacial score (nSPS) is 28.3. The minimum atomic E-state index is -0.607. The fourth-order valence-electron chi connectivity index (χ4n) is 7.06. The molecule has 0 spiro atoms. The highest BCUT2D eigenvalue weighted by atomic mass is 16.6. The van der Waals surface area contributed by atoms with E-state index in [1.54, 1.807) is 0 Å². The number of hydrogen-bond donors (Lipinski definition) is 1. The molecular formula is C27H29NO4. The van der Waals surface area contributed by atoms with Crippen molar-refractivity contribution in [1.29, 1.82) is 0 Å². The molecule has 0 radical (unpaired) electrons. The van der Waals surface area contributed by atoms with E-state index in [1.165, 1.54) is 22.3 Å². The number of piperidine rings is 1. The van der Waals surface area contributed by atoms with Crippen LogP contribution < -0.4 is 0 Å². The first-order chi connectivity index (χ1) is 15.5. The molecule has 4 fully saturated rings. The van der Waals surface area contributed by atoms with Crippen LogP contribution in [0.25, 0.3) is 11.1 Å². The highest BCUT2D eigenvalue weighted by Crippen LogP contribution is 2.75. The lowest BCUT2D eigenvalue weighted by Gasteiger charge is -2.69. The molecule has 5 heteroatoms. The van der Waals surface area contributed by atoms with Crippen LogP contribution in [0.4, 0.5) is 4.79 Å². The molecule has 5 nitrogen and oxygen atoms in total. The van der Waals surface area contributed by atoms with Gasteiger partial charge in [-0.05, 0) is 72.1 Å². The topological polar surface area (TPSA) is 66.8 Å². The molecule has 166 valence electrons. The summed E-state index contributed by atoms with van der Waals surface area (Å²) in [6.45, 7) is 1.84. The Morgan fingerprint density at radius 2 is 1.50 bits per heavy atom. The van der Waals surface area contributed by atoms with Gasteiger partial charge in [0.2, 0.25) is 0 Å². The second-order valence-corrected chi connectivity index (χ2v) is 10.6. The van der Waals surface area contributed by atoms with Crippen molar-refractivity contribution in [2.75, 3.05) is 19.7 Å². The molecule has 1 N–H and O–H groups in total. The average molecular weight is 432 g/mol. The van der Waals surface area contributed by atoms with Crippen molar-refractivity contribution in [3.63, 3.8) is 0 Å². The molecule has 0 aromatic heterocycles. The van der Waals surface area contributed by atoms with Gasteiger partial charge in [0.25, 0.3) is 0 Å². The molecule has 7 rings (SSSR count). The van der Waals surface area contributed by atoms with Gasteiger partial charge < -0.3 is 14.7 Å². The lowest BCUT2D eigenvalue weighted by molar-refractivity contribution is -0.229. The van der Waals surface area contributed by atoms with E-state index in [-0.39, 0.29) is 22.8 Å². The second kappa shape index (κ2) is 7.09. The van der Waals surface area contributed by atoms with Crippen LogP contribution in [0.2, 0.25) is 0 Å². The first-order valence-corrected chi connectivity index (χ1v) is 11.8. The van der Waals surface area contributed by atoms with E-state index >= 15 is 0 Å². The minimum absolute atomic E-state index is 0.0923. The summed E-state index contributed by atoms with van der Waals surface area (Å²) in [5.74, 6) is 0.0823. The molecule has 2 aromatic rings. The van der Waals surface area contributed by atoms with Gasteiger partial charge in [-0.1, -0.05) is 48.5 Å². The van der Waals surface area contributed by atoms with Crippen LogP contribution in [0.15, 0.2) is 48.5 Å². The molecule has 2 aromatic carbocycles. The van der Waals surface area contributed by atoms with Gasteiger partial charge in [-0.3, -0.25) is 4.79 Å². The Labute approximate surface area is 188 Å². The van der Waals surface area contributed by atoms with Crippen molar-refractivity contribution in [2.24, 2.45) is 16.7 Å². The van der Waals surface area contributed by atoms with Gasteiger partial charge in [0, 0.05) is 19.0 Å². The predicted octanol–water partition coefficient (Wildman–Crippen LogP) is 5.29. The number of nitrogens with zero attached hydrogens (tertiary/aromatic N) is 1. The summed E-state index contributed by atoms with van der Waals surface area (Å²) in [5.41, 5.74) is 4.85.